The van der Waals surface area contributed by atoms with Crippen molar-refractivity contribution >= 4 is 33.8 Å². The van der Waals surface area contributed by atoms with E-state index in [1.165, 1.54) is 15.8 Å². The molecule has 0 saturated heterocycles. The largest absolute Gasteiger partial charge is 0.337 e. The van der Waals surface area contributed by atoms with E-state index in [0.29, 0.717) is 0 Å². The van der Waals surface area contributed by atoms with Gasteiger partial charge in [-0.3, -0.25) is 0 Å². The van der Waals surface area contributed by atoms with Crippen LogP contribution in [0.3, 0.4) is 0 Å². The minimum atomic E-state index is 0.828. The Morgan fingerprint density at radius 1 is 1.50 bits per heavy atom. The average Bonchev–Trinajstić information content (AvgIpc) is 2.57. The van der Waals surface area contributed by atoms with Crippen LogP contribution in [-0.4, -0.2) is 16.5 Å². The first-order valence-corrected chi connectivity index (χ1v) is 5.77. The SMILES string of the molecule is S=c1[nH]cnc2sc3c(c12)CCNC3. The maximum Gasteiger partial charge on any atom is 0.128 e. The number of H-pyrrole nitrogens is 1. The molecule has 3 nitrogen and oxygen atoms in total. The predicted molar refractivity (Wildman–Crippen MR) is 60.2 cm³/mol. The lowest BCUT2D eigenvalue weighted by molar-refractivity contribution is 0.657. The number of thiophene rings is 1. The molecule has 2 aromatic rings. The third-order valence-electron chi connectivity index (χ3n) is 2.51. The van der Waals surface area contributed by atoms with Crippen molar-refractivity contribution in [3.8, 4) is 0 Å². The van der Waals surface area contributed by atoms with Gasteiger partial charge in [0.05, 0.1) is 6.33 Å². The topological polar surface area (TPSA) is 40.7 Å². The van der Waals surface area contributed by atoms with Crippen LogP contribution in [0.5, 0.6) is 0 Å². The third kappa shape index (κ3) is 1.13. The molecule has 2 aromatic heterocycles. The van der Waals surface area contributed by atoms with Crippen LogP contribution in [0.15, 0.2) is 6.33 Å². The molecule has 14 heavy (non-hydrogen) atoms. The number of aromatic amines is 1. The highest BCUT2D eigenvalue weighted by Gasteiger charge is 2.16. The molecule has 2 N–H and O–H groups in total. The van der Waals surface area contributed by atoms with Crippen molar-refractivity contribution in [1.29, 1.82) is 0 Å². The molecule has 0 radical (unpaired) electrons. The van der Waals surface area contributed by atoms with Gasteiger partial charge in [-0.15, -0.1) is 11.3 Å². The van der Waals surface area contributed by atoms with Crippen molar-refractivity contribution in [1.82, 2.24) is 15.3 Å². The zero-order chi connectivity index (χ0) is 9.54. The van der Waals surface area contributed by atoms with E-state index < -0.39 is 0 Å². The normalized spacial score (nSPS) is 15.7. The lowest BCUT2D eigenvalue weighted by Gasteiger charge is -2.11. The first kappa shape index (κ1) is 8.52. The molecule has 1 aliphatic heterocycles. The Morgan fingerprint density at radius 2 is 2.43 bits per heavy atom. The molecule has 0 atom stereocenters. The Labute approximate surface area is 90.2 Å². The van der Waals surface area contributed by atoms with Crippen molar-refractivity contribution in [2.24, 2.45) is 0 Å². The number of aromatic nitrogens is 2. The first-order valence-electron chi connectivity index (χ1n) is 4.55. The fourth-order valence-corrected chi connectivity index (χ4v) is 3.37. The lowest BCUT2D eigenvalue weighted by atomic mass is 10.1. The smallest absolute Gasteiger partial charge is 0.128 e. The zero-order valence-electron chi connectivity index (χ0n) is 7.46. The highest BCUT2D eigenvalue weighted by Crippen LogP contribution is 2.31. The van der Waals surface area contributed by atoms with Crippen LogP contribution in [0.4, 0.5) is 0 Å². The summed E-state index contributed by atoms with van der Waals surface area (Å²) in [5.41, 5.74) is 1.40. The van der Waals surface area contributed by atoms with Gasteiger partial charge in [0, 0.05) is 16.8 Å². The predicted octanol–water partition coefficient (Wildman–Crippen LogP) is 2.00. The van der Waals surface area contributed by atoms with Crippen LogP contribution in [0.25, 0.3) is 10.2 Å². The number of hydrogen-bond donors (Lipinski definition) is 2. The van der Waals surface area contributed by atoms with Gasteiger partial charge >= 0.3 is 0 Å². The fraction of sp³-hybridized carbons (Fsp3) is 0.333. The summed E-state index contributed by atoms with van der Waals surface area (Å²) in [5.74, 6) is 0. The Bertz CT molecular complexity index is 540. The maximum atomic E-state index is 5.28. The molecular weight excluding hydrogens is 214 g/mol. The molecular formula is C9H9N3S2. The number of fused-ring (bicyclic) bond motifs is 3. The van der Waals surface area contributed by atoms with Crippen LogP contribution in [0, 0.1) is 4.64 Å². The molecule has 0 amide bonds. The second kappa shape index (κ2) is 3.12. The van der Waals surface area contributed by atoms with E-state index >= 15 is 0 Å². The molecule has 3 rings (SSSR count). The van der Waals surface area contributed by atoms with E-state index in [0.717, 1.165) is 29.0 Å². The lowest BCUT2D eigenvalue weighted by Crippen LogP contribution is -2.21. The maximum absolute atomic E-state index is 5.28. The minimum Gasteiger partial charge on any atom is -0.337 e. The van der Waals surface area contributed by atoms with Crippen molar-refractivity contribution < 1.29 is 0 Å². The summed E-state index contributed by atoms with van der Waals surface area (Å²) in [7, 11) is 0. The quantitative estimate of drug-likeness (QED) is 0.671. The van der Waals surface area contributed by atoms with Crippen LogP contribution in [-0.2, 0) is 13.0 Å². The molecule has 0 saturated carbocycles. The van der Waals surface area contributed by atoms with Crippen molar-refractivity contribution in [3.05, 3.63) is 21.4 Å². The van der Waals surface area contributed by atoms with Gasteiger partial charge in [0.2, 0.25) is 0 Å². The van der Waals surface area contributed by atoms with Crippen molar-refractivity contribution in [3.63, 3.8) is 0 Å². The van der Waals surface area contributed by atoms with Gasteiger partial charge in [0.1, 0.15) is 9.47 Å². The Balaban J connectivity index is 2.44. The number of nitrogens with one attached hydrogen (secondary N) is 2. The molecule has 0 fully saturated rings. The number of hydrogen-bond acceptors (Lipinski definition) is 4. The average molecular weight is 223 g/mol. The highest BCUT2D eigenvalue weighted by atomic mass is 32.1. The van der Waals surface area contributed by atoms with E-state index in [-0.39, 0.29) is 0 Å². The second-order valence-electron chi connectivity index (χ2n) is 3.34. The van der Waals surface area contributed by atoms with E-state index in [9.17, 15) is 0 Å². The number of nitrogens with zero attached hydrogens (tertiary/aromatic N) is 1. The second-order valence-corrected chi connectivity index (χ2v) is 4.83. The van der Waals surface area contributed by atoms with Crippen LogP contribution < -0.4 is 5.32 Å². The summed E-state index contributed by atoms with van der Waals surface area (Å²) in [6, 6.07) is 0. The van der Waals surface area contributed by atoms with Crippen molar-refractivity contribution in [2.45, 2.75) is 13.0 Å². The third-order valence-corrected chi connectivity index (χ3v) is 3.98. The van der Waals surface area contributed by atoms with Gasteiger partial charge in [-0.25, -0.2) is 4.98 Å². The Morgan fingerprint density at radius 3 is 3.36 bits per heavy atom. The van der Waals surface area contributed by atoms with Gasteiger partial charge < -0.3 is 10.3 Å². The summed E-state index contributed by atoms with van der Waals surface area (Å²) in [6.07, 6.45) is 2.75. The highest BCUT2D eigenvalue weighted by molar-refractivity contribution is 7.71. The van der Waals surface area contributed by atoms with Crippen LogP contribution >= 0.6 is 23.6 Å². The van der Waals surface area contributed by atoms with Gasteiger partial charge in [-0.2, -0.15) is 0 Å². The molecule has 1 aliphatic rings. The molecule has 0 spiro atoms. The van der Waals surface area contributed by atoms with E-state index in [1.807, 2.05) is 0 Å². The van der Waals surface area contributed by atoms with Gasteiger partial charge in [0.15, 0.2) is 0 Å². The zero-order valence-corrected chi connectivity index (χ0v) is 9.10. The Hall–Kier alpha value is -0.780. The van der Waals surface area contributed by atoms with Crippen LogP contribution in [0.2, 0.25) is 0 Å². The number of rotatable bonds is 0. The van der Waals surface area contributed by atoms with Gasteiger partial charge in [-0.1, -0.05) is 12.2 Å². The summed E-state index contributed by atoms with van der Waals surface area (Å²) in [6.45, 7) is 2.01. The molecule has 0 aliphatic carbocycles. The summed E-state index contributed by atoms with van der Waals surface area (Å²) >= 11 is 7.04. The minimum absolute atomic E-state index is 0.828. The van der Waals surface area contributed by atoms with Gasteiger partial charge in [-0.05, 0) is 18.5 Å². The molecule has 0 unspecified atom stereocenters. The summed E-state index contributed by atoms with van der Waals surface area (Å²) in [5, 5.41) is 4.53. The molecule has 72 valence electrons. The van der Waals surface area contributed by atoms with Gasteiger partial charge in [0.25, 0.3) is 0 Å². The standard InChI is InChI=1S/C9H9N3S2/c13-8-7-5-1-2-10-3-6(5)14-9(7)12-4-11-8/h4,10H,1-3H2,(H,11,12,13). The molecule has 5 heteroatoms. The Kier molecular flexibility index (Phi) is 1.90. The summed E-state index contributed by atoms with van der Waals surface area (Å²) in [4.78, 5) is 9.78. The van der Waals surface area contributed by atoms with E-state index in [2.05, 4.69) is 15.3 Å². The molecule has 0 bridgehead atoms. The van der Waals surface area contributed by atoms with E-state index in [4.69, 9.17) is 12.2 Å². The van der Waals surface area contributed by atoms with E-state index in [1.54, 1.807) is 17.7 Å². The monoisotopic (exact) mass is 223 g/mol. The van der Waals surface area contributed by atoms with Crippen molar-refractivity contribution in [2.75, 3.05) is 6.54 Å². The van der Waals surface area contributed by atoms with Crippen LogP contribution in [0.1, 0.15) is 10.4 Å². The fourth-order valence-electron chi connectivity index (χ4n) is 1.87. The molecule has 0 aromatic carbocycles. The first-order chi connectivity index (χ1) is 6.86. The summed E-state index contributed by atoms with van der Waals surface area (Å²) < 4.78 is 0.828. The molecule has 3 heterocycles.